The number of rotatable bonds is 0. The van der Waals surface area contributed by atoms with Crippen LogP contribution in [-0.4, -0.2) is 11.5 Å². The minimum absolute atomic E-state index is 0.317. The summed E-state index contributed by atoms with van der Waals surface area (Å²) in [4.78, 5) is 11.5. The Kier molecular flexibility index (Phi) is 1.67. The second-order valence-corrected chi connectivity index (χ2v) is 3.86. The lowest BCUT2D eigenvalue weighted by Gasteiger charge is -2.31. The van der Waals surface area contributed by atoms with Gasteiger partial charge in [0.2, 0.25) is 0 Å². The smallest absolute Gasteiger partial charge is 0.336 e. The van der Waals surface area contributed by atoms with Crippen molar-refractivity contribution in [3.8, 4) is 5.75 Å². The number of para-hydroxylation sites is 1. The lowest BCUT2D eigenvalue weighted by Crippen LogP contribution is -2.46. The first-order valence-corrected chi connectivity index (χ1v) is 4.40. The standard InChI is InChI=1S/C10H12N2O2/c1-10(2)9(13)14-8-6(11)4-3-5-7(8)12-10/h3-5,12H,11H2,1-2H3. The maximum absolute atomic E-state index is 11.5. The van der Waals surface area contributed by atoms with Crippen molar-refractivity contribution in [1.82, 2.24) is 0 Å². The first kappa shape index (κ1) is 8.87. The monoisotopic (exact) mass is 192 g/mol. The number of carbonyl (C=O) groups is 1. The molecule has 0 aromatic heterocycles. The van der Waals surface area contributed by atoms with Crippen molar-refractivity contribution in [3.05, 3.63) is 18.2 Å². The van der Waals surface area contributed by atoms with Gasteiger partial charge in [-0.3, -0.25) is 0 Å². The first-order chi connectivity index (χ1) is 6.50. The molecule has 0 aliphatic carbocycles. The molecule has 1 aliphatic rings. The summed E-state index contributed by atoms with van der Waals surface area (Å²) in [6.45, 7) is 3.53. The van der Waals surface area contributed by atoms with Crippen LogP contribution in [0.15, 0.2) is 18.2 Å². The van der Waals surface area contributed by atoms with Gasteiger partial charge in [0.05, 0.1) is 11.4 Å². The minimum atomic E-state index is -0.694. The lowest BCUT2D eigenvalue weighted by molar-refractivity contribution is -0.139. The highest BCUT2D eigenvalue weighted by molar-refractivity contribution is 5.92. The fraction of sp³-hybridized carbons (Fsp3) is 0.300. The maximum atomic E-state index is 11.5. The van der Waals surface area contributed by atoms with Crippen LogP contribution in [0.25, 0.3) is 0 Å². The van der Waals surface area contributed by atoms with E-state index in [4.69, 9.17) is 10.5 Å². The summed E-state index contributed by atoms with van der Waals surface area (Å²) >= 11 is 0. The third kappa shape index (κ3) is 1.19. The topological polar surface area (TPSA) is 64.3 Å². The molecule has 1 aliphatic heterocycles. The number of hydrogen-bond donors (Lipinski definition) is 2. The summed E-state index contributed by atoms with van der Waals surface area (Å²) in [5.74, 6) is 0.111. The molecule has 4 heteroatoms. The molecule has 0 fully saturated rings. The zero-order chi connectivity index (χ0) is 10.3. The van der Waals surface area contributed by atoms with Crippen LogP contribution in [0.2, 0.25) is 0 Å². The molecule has 4 nitrogen and oxygen atoms in total. The van der Waals surface area contributed by atoms with Gasteiger partial charge in [0.25, 0.3) is 0 Å². The van der Waals surface area contributed by atoms with Gasteiger partial charge in [0, 0.05) is 0 Å². The van der Waals surface area contributed by atoms with E-state index in [2.05, 4.69) is 5.32 Å². The molecule has 0 saturated carbocycles. The highest BCUT2D eigenvalue weighted by Crippen LogP contribution is 2.37. The molecule has 1 aromatic carbocycles. The van der Waals surface area contributed by atoms with Gasteiger partial charge in [-0.05, 0) is 26.0 Å². The van der Waals surface area contributed by atoms with Gasteiger partial charge in [-0.1, -0.05) is 6.07 Å². The number of fused-ring (bicyclic) bond motifs is 1. The molecule has 3 N–H and O–H groups in total. The number of nitrogens with one attached hydrogen (secondary N) is 1. The van der Waals surface area contributed by atoms with E-state index in [1.165, 1.54) is 0 Å². The summed E-state index contributed by atoms with van der Waals surface area (Å²) < 4.78 is 5.15. The number of anilines is 2. The predicted molar refractivity (Wildman–Crippen MR) is 54.2 cm³/mol. The Bertz CT molecular complexity index is 399. The molecule has 0 amide bonds. The van der Waals surface area contributed by atoms with E-state index in [0.29, 0.717) is 11.4 Å². The average molecular weight is 192 g/mol. The summed E-state index contributed by atoms with van der Waals surface area (Å²) in [7, 11) is 0. The van der Waals surface area contributed by atoms with Gasteiger partial charge in [-0.15, -0.1) is 0 Å². The molecule has 0 radical (unpaired) electrons. The van der Waals surface area contributed by atoms with Gasteiger partial charge in [0.1, 0.15) is 5.54 Å². The van der Waals surface area contributed by atoms with Crippen LogP contribution in [0, 0.1) is 0 Å². The third-order valence-corrected chi connectivity index (χ3v) is 2.20. The number of nitrogens with two attached hydrogens (primary N) is 1. The molecule has 2 rings (SSSR count). The number of ether oxygens (including phenoxy) is 1. The van der Waals surface area contributed by atoms with Crippen LogP contribution in [0.4, 0.5) is 11.4 Å². The fourth-order valence-electron chi connectivity index (χ4n) is 1.38. The molecule has 14 heavy (non-hydrogen) atoms. The molecule has 0 bridgehead atoms. The summed E-state index contributed by atoms with van der Waals surface area (Å²) in [5, 5.41) is 3.07. The van der Waals surface area contributed by atoms with Crippen molar-refractivity contribution in [1.29, 1.82) is 0 Å². The third-order valence-electron chi connectivity index (χ3n) is 2.20. The van der Waals surface area contributed by atoms with Gasteiger partial charge < -0.3 is 15.8 Å². The molecule has 1 heterocycles. The van der Waals surface area contributed by atoms with Crippen LogP contribution in [0.1, 0.15) is 13.8 Å². The highest BCUT2D eigenvalue weighted by Gasteiger charge is 2.35. The second-order valence-electron chi connectivity index (χ2n) is 3.86. The summed E-state index contributed by atoms with van der Waals surface area (Å²) in [6.07, 6.45) is 0. The number of hydrogen-bond acceptors (Lipinski definition) is 4. The van der Waals surface area contributed by atoms with Crippen LogP contribution in [0.3, 0.4) is 0 Å². The van der Waals surface area contributed by atoms with Crippen LogP contribution in [-0.2, 0) is 4.79 Å². The predicted octanol–water partition coefficient (Wildman–Crippen LogP) is 1.38. The molecule has 0 spiro atoms. The van der Waals surface area contributed by atoms with Gasteiger partial charge in [0.15, 0.2) is 5.75 Å². The Morgan fingerprint density at radius 3 is 2.86 bits per heavy atom. The van der Waals surface area contributed by atoms with Gasteiger partial charge >= 0.3 is 5.97 Å². The van der Waals surface area contributed by atoms with E-state index in [-0.39, 0.29) is 5.97 Å². The van der Waals surface area contributed by atoms with Crippen molar-refractivity contribution in [2.75, 3.05) is 11.1 Å². The number of nitrogen functional groups attached to an aromatic ring is 1. The van der Waals surface area contributed by atoms with E-state index in [1.807, 2.05) is 12.1 Å². The molecule has 0 atom stereocenters. The quantitative estimate of drug-likeness (QED) is 0.370. The molecular weight excluding hydrogens is 180 g/mol. The van der Waals surface area contributed by atoms with E-state index in [0.717, 1.165) is 5.69 Å². The molecule has 74 valence electrons. The Morgan fingerprint density at radius 1 is 1.43 bits per heavy atom. The fourth-order valence-corrected chi connectivity index (χ4v) is 1.38. The Labute approximate surface area is 82.1 Å². The van der Waals surface area contributed by atoms with Crippen LogP contribution in [0.5, 0.6) is 5.75 Å². The largest absolute Gasteiger partial charge is 0.420 e. The zero-order valence-corrected chi connectivity index (χ0v) is 8.13. The maximum Gasteiger partial charge on any atom is 0.336 e. The second kappa shape index (κ2) is 2.64. The van der Waals surface area contributed by atoms with E-state index < -0.39 is 5.54 Å². The Balaban J connectivity index is 2.51. The molecule has 1 aromatic rings. The van der Waals surface area contributed by atoms with Crippen LogP contribution < -0.4 is 15.8 Å². The van der Waals surface area contributed by atoms with E-state index in [9.17, 15) is 4.79 Å². The summed E-state index contributed by atoms with van der Waals surface area (Å²) in [6, 6.07) is 5.35. The SMILES string of the molecule is CC1(C)Nc2cccc(N)c2OC1=O. The minimum Gasteiger partial charge on any atom is -0.420 e. The van der Waals surface area contributed by atoms with Crippen LogP contribution >= 0.6 is 0 Å². The number of carbonyl (C=O) groups excluding carboxylic acids is 1. The normalized spacial score (nSPS) is 18.0. The molecule has 0 unspecified atom stereocenters. The van der Waals surface area contributed by atoms with Crippen molar-refractivity contribution in [3.63, 3.8) is 0 Å². The van der Waals surface area contributed by atoms with Crippen molar-refractivity contribution in [2.24, 2.45) is 0 Å². The number of esters is 1. The van der Waals surface area contributed by atoms with Crippen molar-refractivity contribution >= 4 is 17.3 Å². The lowest BCUT2D eigenvalue weighted by atomic mass is 10.0. The van der Waals surface area contributed by atoms with Crippen molar-refractivity contribution < 1.29 is 9.53 Å². The highest BCUT2D eigenvalue weighted by atomic mass is 16.5. The van der Waals surface area contributed by atoms with Crippen molar-refractivity contribution in [2.45, 2.75) is 19.4 Å². The zero-order valence-electron chi connectivity index (χ0n) is 8.13. The molecule has 0 saturated heterocycles. The first-order valence-electron chi connectivity index (χ1n) is 4.40. The number of benzene rings is 1. The summed E-state index contributed by atoms with van der Waals surface area (Å²) in [5.41, 5.74) is 6.21. The Morgan fingerprint density at radius 2 is 2.14 bits per heavy atom. The van der Waals surface area contributed by atoms with E-state index >= 15 is 0 Å². The molecular formula is C10H12N2O2. The average Bonchev–Trinajstić information content (AvgIpc) is 2.08. The van der Waals surface area contributed by atoms with E-state index in [1.54, 1.807) is 19.9 Å². The van der Waals surface area contributed by atoms with Gasteiger partial charge in [-0.2, -0.15) is 0 Å². The Hall–Kier alpha value is -1.71. The van der Waals surface area contributed by atoms with Gasteiger partial charge in [-0.25, -0.2) is 4.79 Å².